The van der Waals surface area contributed by atoms with E-state index in [4.69, 9.17) is 4.74 Å². The molecule has 1 heterocycles. The first-order valence-corrected chi connectivity index (χ1v) is 7.17. The number of halogens is 1. The van der Waals surface area contributed by atoms with Gasteiger partial charge in [-0.3, -0.25) is 4.90 Å². The molecule has 116 valence electrons. The predicted octanol–water partition coefficient (Wildman–Crippen LogP) is 2.37. The molecule has 0 saturated carbocycles. The highest BCUT2D eigenvalue weighted by Crippen LogP contribution is 2.29. The Labute approximate surface area is 123 Å². The maximum Gasteiger partial charge on any atom is 0.409 e. The van der Waals surface area contributed by atoms with E-state index in [9.17, 15) is 14.3 Å². The second-order valence-corrected chi connectivity index (χ2v) is 5.10. The van der Waals surface area contributed by atoms with Gasteiger partial charge in [-0.1, -0.05) is 0 Å². The highest BCUT2D eigenvalue weighted by molar-refractivity contribution is 5.67. The van der Waals surface area contributed by atoms with Gasteiger partial charge >= 0.3 is 6.09 Å². The summed E-state index contributed by atoms with van der Waals surface area (Å²) in [7, 11) is 0. The molecule has 1 aliphatic heterocycles. The first-order valence-electron chi connectivity index (χ1n) is 7.17. The van der Waals surface area contributed by atoms with Crippen molar-refractivity contribution in [2.75, 3.05) is 32.8 Å². The van der Waals surface area contributed by atoms with E-state index in [1.54, 1.807) is 11.8 Å². The normalized spacial score (nSPS) is 17.6. The number of benzene rings is 1. The number of ether oxygens (including phenoxy) is 1. The van der Waals surface area contributed by atoms with Crippen LogP contribution in [0.1, 0.15) is 25.5 Å². The summed E-state index contributed by atoms with van der Waals surface area (Å²) < 4.78 is 18.3. The average molecular weight is 296 g/mol. The van der Waals surface area contributed by atoms with Crippen molar-refractivity contribution in [2.45, 2.75) is 19.9 Å². The summed E-state index contributed by atoms with van der Waals surface area (Å²) in [5, 5.41) is 9.87. The van der Waals surface area contributed by atoms with Crippen molar-refractivity contribution in [3.05, 3.63) is 29.6 Å². The Morgan fingerprint density at radius 2 is 2.05 bits per heavy atom. The molecule has 1 unspecified atom stereocenters. The first kappa shape index (κ1) is 15.6. The summed E-state index contributed by atoms with van der Waals surface area (Å²) >= 11 is 0. The van der Waals surface area contributed by atoms with Crippen LogP contribution in [0.25, 0.3) is 0 Å². The molecule has 0 bridgehead atoms. The minimum absolute atomic E-state index is 0.0942. The number of aromatic hydroxyl groups is 1. The fourth-order valence-electron chi connectivity index (χ4n) is 2.56. The molecule has 1 aromatic rings. The molecule has 1 aromatic carbocycles. The van der Waals surface area contributed by atoms with Gasteiger partial charge in [0.2, 0.25) is 0 Å². The number of hydrogen-bond acceptors (Lipinski definition) is 4. The Kier molecular flexibility index (Phi) is 5.01. The van der Waals surface area contributed by atoms with Gasteiger partial charge in [-0.2, -0.15) is 0 Å². The molecule has 5 nitrogen and oxygen atoms in total. The quantitative estimate of drug-likeness (QED) is 0.930. The SMILES string of the molecule is CCOC(=O)N1CCN(C(C)c2cc(F)ccc2O)CC1. The largest absolute Gasteiger partial charge is 0.508 e. The van der Waals surface area contributed by atoms with E-state index in [1.807, 2.05) is 6.92 Å². The fraction of sp³-hybridized carbons (Fsp3) is 0.533. The standard InChI is InChI=1S/C15H21FN2O3/c1-3-21-15(20)18-8-6-17(7-9-18)11(2)13-10-12(16)4-5-14(13)19/h4-5,10-11,19H,3,6-9H2,1-2H3. The molecule has 0 aliphatic carbocycles. The molecule has 1 saturated heterocycles. The Hall–Kier alpha value is -1.82. The number of hydrogen-bond donors (Lipinski definition) is 1. The number of phenolic OH excluding ortho intramolecular Hbond substituents is 1. The van der Waals surface area contributed by atoms with Crippen molar-refractivity contribution in [1.29, 1.82) is 0 Å². The Morgan fingerprint density at radius 3 is 2.67 bits per heavy atom. The van der Waals surface area contributed by atoms with Crippen molar-refractivity contribution < 1.29 is 19.0 Å². The van der Waals surface area contributed by atoms with Crippen LogP contribution in [0, 0.1) is 5.82 Å². The van der Waals surface area contributed by atoms with E-state index in [1.165, 1.54) is 18.2 Å². The summed E-state index contributed by atoms with van der Waals surface area (Å²) in [6, 6.07) is 3.86. The van der Waals surface area contributed by atoms with Gasteiger partial charge in [0.15, 0.2) is 0 Å². The molecule has 0 radical (unpaired) electrons. The lowest BCUT2D eigenvalue weighted by molar-refractivity contribution is 0.0682. The van der Waals surface area contributed by atoms with Crippen LogP contribution in [-0.4, -0.2) is 53.8 Å². The van der Waals surface area contributed by atoms with Gasteiger partial charge in [0.05, 0.1) is 6.61 Å². The molecular weight excluding hydrogens is 275 g/mol. The number of piperazine rings is 1. The third-order valence-corrected chi connectivity index (χ3v) is 3.83. The molecule has 2 rings (SSSR count). The second-order valence-electron chi connectivity index (χ2n) is 5.10. The molecule has 1 atom stereocenters. The van der Waals surface area contributed by atoms with Crippen molar-refractivity contribution in [1.82, 2.24) is 9.80 Å². The smallest absolute Gasteiger partial charge is 0.409 e. The molecule has 0 aromatic heterocycles. The summed E-state index contributed by atoms with van der Waals surface area (Å²) in [6.45, 7) is 6.54. The van der Waals surface area contributed by atoms with Crippen LogP contribution in [0.5, 0.6) is 5.75 Å². The van der Waals surface area contributed by atoms with Crippen LogP contribution in [0.4, 0.5) is 9.18 Å². The Balaban J connectivity index is 1.98. The average Bonchev–Trinajstić information content (AvgIpc) is 2.49. The Bertz CT molecular complexity index is 502. The van der Waals surface area contributed by atoms with Crippen LogP contribution < -0.4 is 0 Å². The fourth-order valence-corrected chi connectivity index (χ4v) is 2.56. The molecule has 1 aliphatic rings. The molecule has 6 heteroatoms. The van der Waals surface area contributed by atoms with Crippen LogP contribution in [0.2, 0.25) is 0 Å². The van der Waals surface area contributed by atoms with Crippen molar-refractivity contribution in [3.63, 3.8) is 0 Å². The zero-order valence-electron chi connectivity index (χ0n) is 12.4. The number of carbonyl (C=O) groups is 1. The lowest BCUT2D eigenvalue weighted by Gasteiger charge is -2.37. The highest BCUT2D eigenvalue weighted by Gasteiger charge is 2.26. The lowest BCUT2D eigenvalue weighted by Crippen LogP contribution is -2.49. The van der Waals surface area contributed by atoms with Gasteiger partial charge in [0.25, 0.3) is 0 Å². The topological polar surface area (TPSA) is 53.0 Å². The van der Waals surface area contributed by atoms with Gasteiger partial charge in [0, 0.05) is 37.8 Å². The van der Waals surface area contributed by atoms with Crippen LogP contribution in [0.3, 0.4) is 0 Å². The predicted molar refractivity (Wildman–Crippen MR) is 76.6 cm³/mol. The zero-order chi connectivity index (χ0) is 15.4. The molecular formula is C15H21FN2O3. The maximum absolute atomic E-state index is 13.3. The van der Waals surface area contributed by atoms with Gasteiger partial charge in [-0.25, -0.2) is 9.18 Å². The van der Waals surface area contributed by atoms with E-state index >= 15 is 0 Å². The number of carbonyl (C=O) groups excluding carboxylic acids is 1. The third-order valence-electron chi connectivity index (χ3n) is 3.83. The number of amides is 1. The van der Waals surface area contributed by atoms with Crippen molar-refractivity contribution in [2.24, 2.45) is 0 Å². The number of rotatable bonds is 3. The van der Waals surface area contributed by atoms with E-state index in [0.717, 1.165) is 0 Å². The molecule has 1 N–H and O–H groups in total. The zero-order valence-corrected chi connectivity index (χ0v) is 12.4. The van der Waals surface area contributed by atoms with Gasteiger partial charge in [0.1, 0.15) is 11.6 Å². The summed E-state index contributed by atoms with van der Waals surface area (Å²) in [5.41, 5.74) is 0.569. The first-order chi connectivity index (χ1) is 10.0. The highest BCUT2D eigenvalue weighted by atomic mass is 19.1. The minimum Gasteiger partial charge on any atom is -0.508 e. The third kappa shape index (κ3) is 3.64. The number of nitrogens with zero attached hydrogens (tertiary/aromatic N) is 2. The van der Waals surface area contributed by atoms with Crippen LogP contribution >= 0.6 is 0 Å². The summed E-state index contributed by atoms with van der Waals surface area (Å²) in [6.07, 6.45) is -0.293. The summed E-state index contributed by atoms with van der Waals surface area (Å²) in [4.78, 5) is 15.4. The Morgan fingerprint density at radius 1 is 1.38 bits per heavy atom. The molecule has 0 spiro atoms. The van der Waals surface area contributed by atoms with Crippen LogP contribution in [0.15, 0.2) is 18.2 Å². The number of phenols is 1. The van der Waals surface area contributed by atoms with Gasteiger partial charge in [-0.15, -0.1) is 0 Å². The summed E-state index contributed by atoms with van der Waals surface area (Å²) in [5.74, 6) is -0.267. The van der Waals surface area contributed by atoms with E-state index in [-0.39, 0.29) is 23.7 Å². The van der Waals surface area contributed by atoms with Crippen molar-refractivity contribution >= 4 is 6.09 Å². The van der Waals surface area contributed by atoms with E-state index in [0.29, 0.717) is 38.3 Å². The molecule has 1 fully saturated rings. The van der Waals surface area contributed by atoms with Gasteiger partial charge < -0.3 is 14.7 Å². The van der Waals surface area contributed by atoms with Gasteiger partial charge in [-0.05, 0) is 32.0 Å². The van der Waals surface area contributed by atoms with E-state index in [2.05, 4.69) is 4.90 Å². The second kappa shape index (κ2) is 6.76. The monoisotopic (exact) mass is 296 g/mol. The minimum atomic E-state index is -0.361. The lowest BCUT2D eigenvalue weighted by atomic mass is 10.0. The van der Waals surface area contributed by atoms with Crippen molar-refractivity contribution in [3.8, 4) is 5.75 Å². The molecule has 1 amide bonds. The van der Waals surface area contributed by atoms with E-state index < -0.39 is 0 Å². The van der Waals surface area contributed by atoms with Crippen LogP contribution in [-0.2, 0) is 4.74 Å². The molecule has 21 heavy (non-hydrogen) atoms. The maximum atomic E-state index is 13.3.